The predicted molar refractivity (Wildman–Crippen MR) is 73.9 cm³/mol. The third-order valence-corrected chi connectivity index (χ3v) is 3.93. The summed E-state index contributed by atoms with van der Waals surface area (Å²) >= 11 is 0. The third-order valence-electron chi connectivity index (χ3n) is 2.80. The van der Waals surface area contributed by atoms with Crippen LogP contribution in [0.2, 0.25) is 0 Å². The van der Waals surface area contributed by atoms with Crippen LogP contribution in [0.5, 0.6) is 0 Å². The summed E-state index contributed by atoms with van der Waals surface area (Å²) in [6, 6.07) is 7.99. The summed E-state index contributed by atoms with van der Waals surface area (Å²) in [6.07, 6.45) is 4.20. The van der Waals surface area contributed by atoms with Crippen molar-refractivity contribution in [2.24, 2.45) is 0 Å². The Balaban J connectivity index is 1.94. The molecule has 0 aliphatic rings. The monoisotopic (exact) mass is 302 g/mol. The van der Waals surface area contributed by atoms with Crippen molar-refractivity contribution in [3.63, 3.8) is 0 Å². The average Bonchev–Trinajstić information content (AvgIpc) is 2.97. The molecular formula is C13H10N4O3S. The van der Waals surface area contributed by atoms with Gasteiger partial charge in [0.15, 0.2) is 9.84 Å². The number of benzene rings is 1. The first-order valence-electron chi connectivity index (χ1n) is 5.95. The van der Waals surface area contributed by atoms with Crippen molar-refractivity contribution >= 4 is 9.84 Å². The van der Waals surface area contributed by atoms with E-state index >= 15 is 0 Å². The Morgan fingerprint density at radius 2 is 1.76 bits per heavy atom. The van der Waals surface area contributed by atoms with E-state index in [4.69, 9.17) is 4.52 Å². The minimum absolute atomic E-state index is 0.244. The molecule has 0 bridgehead atoms. The summed E-state index contributed by atoms with van der Waals surface area (Å²) in [5.41, 5.74) is 1.33. The summed E-state index contributed by atoms with van der Waals surface area (Å²) in [5.74, 6) is 0.703. The first-order valence-corrected chi connectivity index (χ1v) is 7.84. The highest BCUT2D eigenvalue weighted by Gasteiger charge is 2.12. The lowest BCUT2D eigenvalue weighted by Crippen LogP contribution is -1.96. The topological polar surface area (TPSA) is 98.8 Å². The average molecular weight is 302 g/mol. The summed E-state index contributed by atoms with van der Waals surface area (Å²) in [6.45, 7) is 0. The van der Waals surface area contributed by atoms with E-state index in [0.29, 0.717) is 22.8 Å². The van der Waals surface area contributed by atoms with Crippen molar-refractivity contribution < 1.29 is 12.9 Å². The van der Waals surface area contributed by atoms with E-state index in [1.165, 1.54) is 24.5 Å². The highest BCUT2D eigenvalue weighted by molar-refractivity contribution is 7.90. The van der Waals surface area contributed by atoms with Gasteiger partial charge in [-0.25, -0.2) is 8.42 Å². The molecule has 0 fully saturated rings. The summed E-state index contributed by atoms with van der Waals surface area (Å²) in [7, 11) is -3.22. The minimum atomic E-state index is -3.22. The smallest absolute Gasteiger partial charge is 0.259 e. The molecule has 0 radical (unpaired) electrons. The fraction of sp³-hybridized carbons (Fsp3) is 0.0769. The van der Waals surface area contributed by atoms with Gasteiger partial charge in [-0.1, -0.05) is 5.16 Å². The van der Waals surface area contributed by atoms with Gasteiger partial charge in [0.1, 0.15) is 0 Å². The second-order valence-corrected chi connectivity index (χ2v) is 6.37. The minimum Gasteiger partial charge on any atom is -0.334 e. The van der Waals surface area contributed by atoms with Gasteiger partial charge in [0.25, 0.3) is 5.89 Å². The van der Waals surface area contributed by atoms with E-state index in [1.54, 1.807) is 18.2 Å². The van der Waals surface area contributed by atoms with Crippen LogP contribution in [0.3, 0.4) is 0 Å². The van der Waals surface area contributed by atoms with E-state index in [9.17, 15) is 8.42 Å². The largest absolute Gasteiger partial charge is 0.334 e. The molecule has 8 heteroatoms. The van der Waals surface area contributed by atoms with Crippen molar-refractivity contribution in [1.82, 2.24) is 20.3 Å². The molecule has 0 saturated carbocycles. The van der Waals surface area contributed by atoms with Gasteiger partial charge >= 0.3 is 0 Å². The van der Waals surface area contributed by atoms with Gasteiger partial charge in [0, 0.05) is 11.8 Å². The molecular weight excluding hydrogens is 292 g/mol. The van der Waals surface area contributed by atoms with Crippen LogP contribution in [0.4, 0.5) is 0 Å². The molecule has 0 saturated heterocycles. The lowest BCUT2D eigenvalue weighted by Gasteiger charge is -1.98. The van der Waals surface area contributed by atoms with Crippen LogP contribution in [-0.4, -0.2) is 35.0 Å². The van der Waals surface area contributed by atoms with Crippen LogP contribution in [0, 0.1) is 0 Å². The Kier molecular flexibility index (Phi) is 3.22. The van der Waals surface area contributed by atoms with E-state index in [0.717, 1.165) is 6.26 Å². The first-order chi connectivity index (χ1) is 10.0. The molecule has 1 aromatic carbocycles. The molecule has 106 valence electrons. The quantitative estimate of drug-likeness (QED) is 0.724. The van der Waals surface area contributed by atoms with Gasteiger partial charge in [-0.15, -0.1) is 0 Å². The van der Waals surface area contributed by atoms with E-state index in [-0.39, 0.29) is 4.90 Å². The number of hydrogen-bond donors (Lipinski definition) is 0. The zero-order valence-corrected chi connectivity index (χ0v) is 11.8. The van der Waals surface area contributed by atoms with Crippen molar-refractivity contribution in [2.75, 3.05) is 6.26 Å². The van der Waals surface area contributed by atoms with Gasteiger partial charge in [-0.05, 0) is 30.3 Å². The SMILES string of the molecule is CS(=O)(=O)c1ccc(-c2noc(-c3ccnnc3)n2)cc1. The van der Waals surface area contributed by atoms with Crippen molar-refractivity contribution in [3.05, 3.63) is 42.7 Å². The number of hydrogen-bond acceptors (Lipinski definition) is 7. The number of rotatable bonds is 3. The molecule has 2 aromatic heterocycles. The van der Waals surface area contributed by atoms with Gasteiger partial charge in [0.2, 0.25) is 5.82 Å². The molecule has 0 aliphatic heterocycles. The Labute approximate surface area is 120 Å². The van der Waals surface area contributed by atoms with Gasteiger partial charge in [0.05, 0.1) is 22.9 Å². The van der Waals surface area contributed by atoms with Crippen LogP contribution in [0.25, 0.3) is 22.8 Å². The molecule has 0 aliphatic carbocycles. The molecule has 3 rings (SSSR count). The summed E-state index contributed by atoms with van der Waals surface area (Å²) in [5, 5.41) is 11.3. The standard InChI is InChI=1S/C13H10N4O3S/c1-21(18,19)11-4-2-9(3-5-11)12-16-13(20-17-12)10-6-7-14-15-8-10/h2-8H,1H3. The van der Waals surface area contributed by atoms with Crippen LogP contribution >= 0.6 is 0 Å². The maximum absolute atomic E-state index is 11.4. The molecule has 0 unspecified atom stereocenters. The van der Waals surface area contributed by atoms with E-state index in [2.05, 4.69) is 20.3 Å². The van der Waals surface area contributed by atoms with Gasteiger partial charge in [-0.2, -0.15) is 15.2 Å². The molecule has 21 heavy (non-hydrogen) atoms. The Bertz CT molecular complexity index is 858. The first kappa shape index (κ1) is 13.4. The fourth-order valence-corrected chi connectivity index (χ4v) is 2.36. The van der Waals surface area contributed by atoms with E-state index in [1.807, 2.05) is 0 Å². The van der Waals surface area contributed by atoms with Crippen molar-refractivity contribution in [1.29, 1.82) is 0 Å². The summed E-state index contributed by atoms with van der Waals surface area (Å²) < 4.78 is 28.0. The zero-order valence-electron chi connectivity index (χ0n) is 11.0. The van der Waals surface area contributed by atoms with Crippen LogP contribution in [0.15, 0.2) is 52.1 Å². The van der Waals surface area contributed by atoms with Gasteiger partial charge < -0.3 is 4.52 Å². The predicted octanol–water partition coefficient (Wildman–Crippen LogP) is 1.60. The normalized spacial score (nSPS) is 11.5. The summed E-state index contributed by atoms with van der Waals surface area (Å²) in [4.78, 5) is 4.49. The van der Waals surface area contributed by atoms with Crippen LogP contribution < -0.4 is 0 Å². The number of nitrogens with zero attached hydrogens (tertiary/aromatic N) is 4. The number of aromatic nitrogens is 4. The van der Waals surface area contributed by atoms with Crippen LogP contribution in [0.1, 0.15) is 0 Å². The molecule has 0 spiro atoms. The maximum Gasteiger partial charge on any atom is 0.259 e. The zero-order chi connectivity index (χ0) is 14.9. The van der Waals surface area contributed by atoms with E-state index < -0.39 is 9.84 Å². The van der Waals surface area contributed by atoms with Crippen molar-refractivity contribution in [3.8, 4) is 22.8 Å². The second kappa shape index (κ2) is 5.06. The highest BCUT2D eigenvalue weighted by atomic mass is 32.2. The molecule has 7 nitrogen and oxygen atoms in total. The fourth-order valence-electron chi connectivity index (χ4n) is 1.73. The Morgan fingerprint density at radius 1 is 1.00 bits per heavy atom. The third kappa shape index (κ3) is 2.79. The lowest BCUT2D eigenvalue weighted by molar-refractivity contribution is 0.432. The maximum atomic E-state index is 11.4. The van der Waals surface area contributed by atoms with Crippen LogP contribution in [-0.2, 0) is 9.84 Å². The Hall–Kier alpha value is -2.61. The van der Waals surface area contributed by atoms with Gasteiger partial charge in [-0.3, -0.25) is 0 Å². The van der Waals surface area contributed by atoms with Crippen molar-refractivity contribution in [2.45, 2.75) is 4.90 Å². The molecule has 0 atom stereocenters. The molecule has 0 amide bonds. The molecule has 2 heterocycles. The Morgan fingerprint density at radius 3 is 2.38 bits per heavy atom. The molecule has 0 N–H and O–H groups in total. The lowest BCUT2D eigenvalue weighted by atomic mass is 10.2. The second-order valence-electron chi connectivity index (χ2n) is 4.35. The molecule has 3 aromatic rings. The highest BCUT2D eigenvalue weighted by Crippen LogP contribution is 2.22. The number of sulfone groups is 1.